The van der Waals surface area contributed by atoms with Crippen molar-refractivity contribution < 1.29 is 20.1 Å². The molecule has 0 atom stereocenters. The fraction of sp³-hybridized carbons (Fsp3) is 0.0312. The maximum absolute atomic E-state index is 4.57. The second-order valence-electron chi connectivity index (χ2n) is 9.09. The Balaban J connectivity index is 0.000000172. The van der Waals surface area contributed by atoms with Crippen LogP contribution in [0.1, 0.15) is 0 Å². The van der Waals surface area contributed by atoms with E-state index in [2.05, 4.69) is 77.0 Å². The van der Waals surface area contributed by atoms with Gasteiger partial charge in [-0.25, -0.2) is 0 Å². The minimum Gasteiger partial charge on any atom is -0.510 e. The number of benzene rings is 4. The Bertz CT molecular complexity index is 1940. The third-order valence-corrected chi connectivity index (χ3v) is 6.77. The van der Waals surface area contributed by atoms with Crippen molar-refractivity contribution in [3.05, 3.63) is 129 Å². The summed E-state index contributed by atoms with van der Waals surface area (Å²) in [6.45, 7) is 2.01. The molecule has 0 amide bonds. The summed E-state index contributed by atoms with van der Waals surface area (Å²) in [5, 5.41) is 8.54. The van der Waals surface area contributed by atoms with Gasteiger partial charge in [-0.1, -0.05) is 54.7 Å². The molecule has 0 radical (unpaired) electrons. The first kappa shape index (κ1) is 24.1. The van der Waals surface area contributed by atoms with Crippen molar-refractivity contribution >= 4 is 54.6 Å². The minimum absolute atomic E-state index is 0. The number of aromatic nitrogens is 3. The van der Waals surface area contributed by atoms with Gasteiger partial charge in [-0.3, -0.25) is 4.98 Å². The summed E-state index contributed by atoms with van der Waals surface area (Å²) >= 11 is 0. The van der Waals surface area contributed by atoms with Gasteiger partial charge in [0.2, 0.25) is 0 Å². The molecule has 8 rings (SSSR count). The second kappa shape index (κ2) is 9.90. The van der Waals surface area contributed by atoms with E-state index in [9.17, 15) is 0 Å². The maximum Gasteiger partial charge on any atom is 3.00 e. The van der Waals surface area contributed by atoms with E-state index in [-0.39, 0.29) is 20.1 Å². The molecule has 0 saturated heterocycles. The van der Waals surface area contributed by atoms with Crippen molar-refractivity contribution in [1.29, 1.82) is 0 Å². The predicted octanol–water partition coefficient (Wildman–Crippen LogP) is 6.97. The van der Waals surface area contributed by atoms with Gasteiger partial charge < -0.3 is 19.2 Å². The average molecular weight is 669 g/mol. The number of rotatable bonds is 1. The average Bonchev–Trinajstić information content (AvgIpc) is 3.63. The van der Waals surface area contributed by atoms with E-state index in [4.69, 9.17) is 0 Å². The molecular weight excluding hydrogens is 647 g/mol. The van der Waals surface area contributed by atoms with Crippen molar-refractivity contribution in [2.24, 2.45) is 0 Å². The number of fused-ring (bicyclic) bond motifs is 9. The van der Waals surface area contributed by atoms with Gasteiger partial charge in [0, 0.05) is 12.5 Å². The van der Waals surface area contributed by atoms with Crippen molar-refractivity contribution in [3.8, 4) is 0 Å². The molecule has 7 aromatic rings. The molecule has 3 aromatic heterocycles. The van der Waals surface area contributed by atoms with Crippen molar-refractivity contribution in [2.75, 3.05) is 11.9 Å². The number of para-hydroxylation sites is 1. The van der Waals surface area contributed by atoms with Gasteiger partial charge in [-0.15, -0.1) is 5.69 Å². The van der Waals surface area contributed by atoms with Gasteiger partial charge in [0.1, 0.15) is 0 Å². The van der Waals surface area contributed by atoms with E-state index in [0.717, 1.165) is 22.2 Å². The van der Waals surface area contributed by atoms with Gasteiger partial charge in [0.15, 0.2) is 0 Å². The van der Waals surface area contributed by atoms with Gasteiger partial charge >= 0.3 is 20.1 Å². The molecule has 0 saturated carbocycles. The van der Waals surface area contributed by atoms with E-state index in [1.165, 1.54) is 32.3 Å². The SMILES string of the molecule is CN1C=CN(c2[c-]cccc2)[CH-]1.[Ir+3].[c-]1ncc2c3cc4ccc5ccccc5c4cc3c3cccnc3n12. The van der Waals surface area contributed by atoms with Crippen LogP contribution in [0.2, 0.25) is 0 Å². The van der Waals surface area contributed by atoms with E-state index in [1.807, 2.05) is 83.0 Å². The zero-order valence-electron chi connectivity index (χ0n) is 20.5. The van der Waals surface area contributed by atoms with E-state index < -0.39 is 0 Å². The van der Waals surface area contributed by atoms with Gasteiger partial charge in [-0.2, -0.15) is 37.0 Å². The summed E-state index contributed by atoms with van der Waals surface area (Å²) in [6, 6.07) is 32.6. The van der Waals surface area contributed by atoms with Gasteiger partial charge in [0.25, 0.3) is 0 Å². The van der Waals surface area contributed by atoms with Crippen LogP contribution < -0.4 is 4.90 Å². The Kier molecular flexibility index (Phi) is 6.28. The molecule has 184 valence electrons. The molecule has 0 N–H and O–H groups in total. The normalized spacial score (nSPS) is 12.9. The molecule has 0 unspecified atom stereocenters. The standard InChI is InChI=1S/C22H12N3.C10H10N2.Ir/c1-2-5-16-14(4-1)7-8-15-10-20-19(11-18(15)16)17-6-3-9-24-22(17)25-13-23-12-21(20)25;1-11-7-8-12(9-11)10-5-3-2-4-6-10;/h1-12H;2-5,7-9H,1H3;/q-1;-2;+3. The first-order chi connectivity index (χ1) is 18.3. The fourth-order valence-electron chi connectivity index (χ4n) is 5.02. The fourth-order valence-corrected chi connectivity index (χ4v) is 5.02. The van der Waals surface area contributed by atoms with Crippen LogP contribution in [0, 0.1) is 19.1 Å². The number of pyridine rings is 2. The number of hydrogen-bond donors (Lipinski definition) is 0. The summed E-state index contributed by atoms with van der Waals surface area (Å²) in [6.07, 6.45) is 10.7. The molecule has 4 aromatic carbocycles. The minimum atomic E-state index is 0. The van der Waals surface area contributed by atoms with Crippen LogP contribution in [0.15, 0.2) is 110 Å². The van der Waals surface area contributed by atoms with Crippen LogP contribution in [-0.2, 0) is 20.1 Å². The predicted molar refractivity (Wildman–Crippen MR) is 151 cm³/mol. The van der Waals surface area contributed by atoms with E-state index >= 15 is 0 Å². The number of hydrogen-bond acceptors (Lipinski definition) is 4. The molecular formula is C32H22IrN5. The van der Waals surface area contributed by atoms with Crippen molar-refractivity contribution in [2.45, 2.75) is 0 Å². The first-order valence-corrected chi connectivity index (χ1v) is 12.1. The molecule has 6 heteroatoms. The third-order valence-electron chi connectivity index (χ3n) is 6.77. The van der Waals surface area contributed by atoms with Crippen molar-refractivity contribution in [1.82, 2.24) is 19.3 Å². The van der Waals surface area contributed by atoms with Crippen LogP contribution in [-0.4, -0.2) is 26.3 Å². The molecule has 0 bridgehead atoms. The summed E-state index contributed by atoms with van der Waals surface area (Å²) in [7, 11) is 2.00. The Hall–Kier alpha value is -4.25. The summed E-state index contributed by atoms with van der Waals surface area (Å²) in [4.78, 5) is 12.8. The quantitative estimate of drug-likeness (QED) is 0.108. The van der Waals surface area contributed by atoms with Crippen LogP contribution >= 0.6 is 0 Å². The Morgan fingerprint density at radius 3 is 2.45 bits per heavy atom. The van der Waals surface area contributed by atoms with E-state index in [0.29, 0.717) is 0 Å². The Morgan fingerprint density at radius 2 is 1.61 bits per heavy atom. The molecule has 38 heavy (non-hydrogen) atoms. The third kappa shape index (κ3) is 4.08. The first-order valence-electron chi connectivity index (χ1n) is 12.1. The smallest absolute Gasteiger partial charge is 0.510 e. The molecule has 4 heterocycles. The molecule has 1 aliphatic heterocycles. The molecule has 0 spiro atoms. The number of imidazole rings is 1. The van der Waals surface area contributed by atoms with Crippen LogP contribution in [0.5, 0.6) is 0 Å². The van der Waals surface area contributed by atoms with Crippen LogP contribution in [0.3, 0.4) is 0 Å². The van der Waals surface area contributed by atoms with Crippen molar-refractivity contribution in [3.63, 3.8) is 0 Å². The monoisotopic (exact) mass is 669 g/mol. The largest absolute Gasteiger partial charge is 3.00 e. The van der Waals surface area contributed by atoms with Crippen LogP contribution in [0.4, 0.5) is 5.69 Å². The number of anilines is 1. The second-order valence-corrected chi connectivity index (χ2v) is 9.09. The van der Waals surface area contributed by atoms with Gasteiger partial charge in [-0.05, 0) is 74.8 Å². The van der Waals surface area contributed by atoms with Crippen LogP contribution in [0.25, 0.3) is 48.9 Å². The molecule has 1 aliphatic rings. The Morgan fingerprint density at radius 1 is 0.763 bits per heavy atom. The summed E-state index contributed by atoms with van der Waals surface area (Å²) in [5.41, 5.74) is 3.00. The molecule has 5 nitrogen and oxygen atoms in total. The topological polar surface area (TPSA) is 36.7 Å². The number of nitrogens with zero attached hydrogens (tertiary/aromatic N) is 5. The summed E-state index contributed by atoms with van der Waals surface area (Å²) in [5.74, 6) is 0. The zero-order chi connectivity index (χ0) is 24.8. The van der Waals surface area contributed by atoms with E-state index in [1.54, 1.807) is 0 Å². The molecule has 0 aliphatic carbocycles. The Labute approximate surface area is 234 Å². The summed E-state index contributed by atoms with van der Waals surface area (Å²) < 4.78 is 1.95. The zero-order valence-corrected chi connectivity index (χ0v) is 22.9. The maximum atomic E-state index is 4.57. The van der Waals surface area contributed by atoms with Gasteiger partial charge in [0.05, 0.1) is 5.65 Å². The molecule has 0 fully saturated rings.